The van der Waals surface area contributed by atoms with E-state index in [2.05, 4.69) is 5.32 Å². The lowest BCUT2D eigenvalue weighted by Gasteiger charge is -2.17. The molecular weight excluding hydrogens is 171 g/mol. The standard InChI is InChI=1S/C9H17FN2O/c1-2-3-4-9(10)5-7(8(11)13)12-6-9/h7,12H,2-6H2,1H3,(H2,11,13)/t7-,9?/m0/s1. The maximum atomic E-state index is 13.8. The summed E-state index contributed by atoms with van der Waals surface area (Å²) in [5, 5.41) is 2.81. The second-order valence-electron chi connectivity index (χ2n) is 3.79. The number of nitrogens with two attached hydrogens (primary N) is 1. The molecule has 76 valence electrons. The summed E-state index contributed by atoms with van der Waals surface area (Å²) in [5.41, 5.74) is 3.87. The van der Waals surface area contributed by atoms with Crippen LogP contribution >= 0.6 is 0 Å². The average Bonchev–Trinajstić information content (AvgIpc) is 2.46. The van der Waals surface area contributed by atoms with Crippen LogP contribution in [0.1, 0.15) is 32.6 Å². The predicted octanol–water partition coefficient (Wildman–Crippen LogP) is 0.732. The van der Waals surface area contributed by atoms with Crippen molar-refractivity contribution in [3.8, 4) is 0 Å². The molecule has 1 saturated heterocycles. The van der Waals surface area contributed by atoms with Gasteiger partial charge in [0.05, 0.1) is 6.04 Å². The van der Waals surface area contributed by atoms with Crippen molar-refractivity contribution in [3.63, 3.8) is 0 Å². The third-order valence-corrected chi connectivity index (χ3v) is 2.56. The molecule has 3 nitrogen and oxygen atoms in total. The quantitative estimate of drug-likeness (QED) is 0.683. The number of halogens is 1. The first-order valence-electron chi connectivity index (χ1n) is 4.79. The van der Waals surface area contributed by atoms with E-state index in [1.807, 2.05) is 6.92 Å². The van der Waals surface area contributed by atoms with Crippen LogP contribution in [0.4, 0.5) is 4.39 Å². The van der Waals surface area contributed by atoms with Gasteiger partial charge in [0.1, 0.15) is 5.67 Å². The van der Waals surface area contributed by atoms with Crippen molar-refractivity contribution < 1.29 is 9.18 Å². The van der Waals surface area contributed by atoms with Gasteiger partial charge in [-0.1, -0.05) is 19.8 Å². The number of amides is 1. The largest absolute Gasteiger partial charge is 0.368 e. The van der Waals surface area contributed by atoms with E-state index in [-0.39, 0.29) is 13.0 Å². The number of primary amides is 1. The van der Waals surface area contributed by atoms with Crippen LogP contribution < -0.4 is 11.1 Å². The fourth-order valence-electron chi connectivity index (χ4n) is 1.70. The summed E-state index contributed by atoms with van der Waals surface area (Å²) in [6, 6.07) is -0.471. The van der Waals surface area contributed by atoms with Crippen LogP contribution in [0.15, 0.2) is 0 Å². The second kappa shape index (κ2) is 4.05. The molecule has 1 heterocycles. The SMILES string of the molecule is CCCCC1(F)CN[C@H](C(N)=O)C1. The summed E-state index contributed by atoms with van der Waals surface area (Å²) in [5.74, 6) is -0.448. The van der Waals surface area contributed by atoms with Gasteiger partial charge in [0.2, 0.25) is 5.91 Å². The van der Waals surface area contributed by atoms with E-state index < -0.39 is 17.6 Å². The van der Waals surface area contributed by atoms with E-state index in [1.54, 1.807) is 0 Å². The number of alkyl halides is 1. The zero-order valence-electron chi connectivity index (χ0n) is 7.98. The fraction of sp³-hybridized carbons (Fsp3) is 0.889. The third-order valence-electron chi connectivity index (χ3n) is 2.56. The van der Waals surface area contributed by atoms with E-state index >= 15 is 0 Å². The lowest BCUT2D eigenvalue weighted by Crippen LogP contribution is -2.36. The Morgan fingerprint density at radius 1 is 1.77 bits per heavy atom. The summed E-state index contributed by atoms with van der Waals surface area (Å²) >= 11 is 0. The van der Waals surface area contributed by atoms with Crippen molar-refractivity contribution in [2.24, 2.45) is 5.73 Å². The molecule has 2 atom stereocenters. The molecule has 13 heavy (non-hydrogen) atoms. The predicted molar refractivity (Wildman–Crippen MR) is 49.0 cm³/mol. The maximum absolute atomic E-state index is 13.8. The lowest BCUT2D eigenvalue weighted by atomic mass is 9.95. The van der Waals surface area contributed by atoms with Crippen LogP contribution in [0, 0.1) is 0 Å². The van der Waals surface area contributed by atoms with Gasteiger partial charge in [-0.05, 0) is 6.42 Å². The molecule has 1 fully saturated rings. The van der Waals surface area contributed by atoms with Gasteiger partial charge < -0.3 is 11.1 Å². The Morgan fingerprint density at radius 3 is 2.92 bits per heavy atom. The van der Waals surface area contributed by atoms with Crippen molar-refractivity contribution in [1.82, 2.24) is 5.32 Å². The van der Waals surface area contributed by atoms with Crippen molar-refractivity contribution >= 4 is 5.91 Å². The van der Waals surface area contributed by atoms with Gasteiger partial charge in [0.25, 0.3) is 0 Å². The van der Waals surface area contributed by atoms with E-state index in [0.29, 0.717) is 6.42 Å². The minimum atomic E-state index is -1.21. The number of nitrogens with one attached hydrogen (secondary N) is 1. The Hall–Kier alpha value is -0.640. The van der Waals surface area contributed by atoms with Gasteiger partial charge in [0, 0.05) is 13.0 Å². The molecule has 3 N–H and O–H groups in total. The molecule has 0 aromatic carbocycles. The summed E-state index contributed by atoms with van der Waals surface area (Å²) in [4.78, 5) is 10.8. The lowest BCUT2D eigenvalue weighted by molar-refractivity contribution is -0.119. The Labute approximate surface area is 77.9 Å². The molecule has 0 aromatic heterocycles. The van der Waals surface area contributed by atoms with Gasteiger partial charge in [-0.2, -0.15) is 0 Å². The Kier molecular flexibility index (Phi) is 3.25. The molecule has 0 spiro atoms. The van der Waals surface area contributed by atoms with Gasteiger partial charge in [-0.3, -0.25) is 4.79 Å². The number of rotatable bonds is 4. The van der Waals surface area contributed by atoms with Crippen molar-refractivity contribution in [3.05, 3.63) is 0 Å². The summed E-state index contributed by atoms with van der Waals surface area (Å²) < 4.78 is 13.8. The molecule has 0 radical (unpaired) electrons. The van der Waals surface area contributed by atoms with Gasteiger partial charge in [-0.15, -0.1) is 0 Å². The number of hydrogen-bond donors (Lipinski definition) is 2. The van der Waals surface area contributed by atoms with Crippen molar-refractivity contribution in [2.45, 2.75) is 44.3 Å². The zero-order chi connectivity index (χ0) is 9.90. The Bertz CT molecular complexity index is 198. The average molecular weight is 188 g/mol. The number of unbranched alkanes of at least 4 members (excludes halogenated alkanes) is 1. The molecule has 0 saturated carbocycles. The van der Waals surface area contributed by atoms with E-state index in [1.165, 1.54) is 0 Å². The highest BCUT2D eigenvalue weighted by Gasteiger charge is 2.40. The Balaban J connectivity index is 2.41. The smallest absolute Gasteiger partial charge is 0.234 e. The van der Waals surface area contributed by atoms with Gasteiger partial charge >= 0.3 is 0 Å². The maximum Gasteiger partial charge on any atom is 0.234 e. The van der Waals surface area contributed by atoms with Gasteiger partial charge in [-0.25, -0.2) is 4.39 Å². The van der Waals surface area contributed by atoms with Gasteiger partial charge in [0.15, 0.2) is 0 Å². The van der Waals surface area contributed by atoms with Crippen LogP contribution in [-0.4, -0.2) is 24.2 Å². The zero-order valence-corrected chi connectivity index (χ0v) is 7.98. The molecule has 1 aliphatic heterocycles. The van der Waals surface area contributed by atoms with E-state index in [4.69, 9.17) is 5.73 Å². The van der Waals surface area contributed by atoms with Crippen molar-refractivity contribution in [2.75, 3.05) is 6.54 Å². The van der Waals surface area contributed by atoms with Crippen LogP contribution in [0.25, 0.3) is 0 Å². The second-order valence-corrected chi connectivity index (χ2v) is 3.79. The molecule has 1 rings (SSSR count). The molecule has 1 unspecified atom stereocenters. The number of hydrogen-bond acceptors (Lipinski definition) is 2. The molecule has 0 aliphatic carbocycles. The van der Waals surface area contributed by atoms with E-state index in [0.717, 1.165) is 12.8 Å². The topological polar surface area (TPSA) is 55.1 Å². The Morgan fingerprint density at radius 2 is 2.46 bits per heavy atom. The number of carbonyl (C=O) groups is 1. The fourth-order valence-corrected chi connectivity index (χ4v) is 1.70. The van der Waals surface area contributed by atoms with Crippen LogP contribution in [0.3, 0.4) is 0 Å². The number of carbonyl (C=O) groups excluding carboxylic acids is 1. The molecule has 0 aromatic rings. The van der Waals surface area contributed by atoms with E-state index in [9.17, 15) is 9.18 Å². The highest BCUT2D eigenvalue weighted by atomic mass is 19.1. The summed E-state index contributed by atoms with van der Waals surface area (Å²) in [6.07, 6.45) is 2.61. The van der Waals surface area contributed by atoms with Crippen LogP contribution in [-0.2, 0) is 4.79 Å². The third kappa shape index (κ3) is 2.66. The molecular formula is C9H17FN2O. The minimum Gasteiger partial charge on any atom is -0.368 e. The first kappa shape index (κ1) is 10.4. The first-order valence-corrected chi connectivity index (χ1v) is 4.79. The first-order chi connectivity index (χ1) is 6.07. The summed E-state index contributed by atoms with van der Waals surface area (Å²) in [7, 11) is 0. The molecule has 1 aliphatic rings. The van der Waals surface area contributed by atoms with Crippen molar-refractivity contribution in [1.29, 1.82) is 0 Å². The minimum absolute atomic E-state index is 0.238. The molecule has 0 bridgehead atoms. The normalized spacial score (nSPS) is 33.5. The molecule has 4 heteroatoms. The van der Waals surface area contributed by atoms with Crippen LogP contribution in [0.2, 0.25) is 0 Å². The monoisotopic (exact) mass is 188 g/mol. The molecule has 1 amide bonds. The van der Waals surface area contributed by atoms with Crippen LogP contribution in [0.5, 0.6) is 0 Å². The highest BCUT2D eigenvalue weighted by Crippen LogP contribution is 2.29. The highest BCUT2D eigenvalue weighted by molar-refractivity contribution is 5.80. The summed E-state index contributed by atoms with van der Waals surface area (Å²) in [6.45, 7) is 2.29.